The maximum Gasteiger partial charge on any atom is 0.259 e. The summed E-state index contributed by atoms with van der Waals surface area (Å²) in [4.78, 5) is 21.0. The number of carbonyl (C=O) groups is 2. The fourth-order valence-corrected chi connectivity index (χ4v) is 0.794. The van der Waals surface area contributed by atoms with E-state index in [1.807, 2.05) is 0 Å². The molecule has 5 nitrogen and oxygen atoms in total. The van der Waals surface area contributed by atoms with E-state index in [9.17, 15) is 9.59 Å². The minimum atomic E-state index is -1.63. The second kappa shape index (κ2) is 4.97. The van der Waals surface area contributed by atoms with Gasteiger partial charge >= 0.3 is 0 Å². The standard InChI is InChI=1S/C7H12O5/c1-10-6(4-8)7(5-9,11-2)12-3/h4-6H,1-3H3. The Labute approximate surface area is 70.6 Å². The second-order valence-corrected chi connectivity index (χ2v) is 2.04. The molecule has 1 atom stereocenters. The smallest absolute Gasteiger partial charge is 0.259 e. The third-order valence-corrected chi connectivity index (χ3v) is 1.58. The predicted molar refractivity (Wildman–Crippen MR) is 39.7 cm³/mol. The van der Waals surface area contributed by atoms with Crippen molar-refractivity contribution in [3.05, 3.63) is 0 Å². The molecule has 0 aromatic rings. The molecular formula is C7H12O5. The highest BCUT2D eigenvalue weighted by molar-refractivity contribution is 5.71. The third-order valence-electron chi connectivity index (χ3n) is 1.58. The molecule has 0 saturated heterocycles. The molecule has 12 heavy (non-hydrogen) atoms. The van der Waals surface area contributed by atoms with Crippen LogP contribution in [-0.4, -0.2) is 45.8 Å². The molecule has 5 heteroatoms. The molecule has 0 aromatic heterocycles. The summed E-state index contributed by atoms with van der Waals surface area (Å²) >= 11 is 0. The van der Waals surface area contributed by atoms with E-state index in [1.54, 1.807) is 0 Å². The van der Waals surface area contributed by atoms with Crippen molar-refractivity contribution in [2.75, 3.05) is 21.3 Å². The van der Waals surface area contributed by atoms with Gasteiger partial charge in [0.1, 0.15) is 0 Å². The Morgan fingerprint density at radius 1 is 1.17 bits per heavy atom. The monoisotopic (exact) mass is 176 g/mol. The Kier molecular flexibility index (Phi) is 4.65. The van der Waals surface area contributed by atoms with Crippen LogP contribution in [0.15, 0.2) is 0 Å². The number of hydrogen-bond acceptors (Lipinski definition) is 5. The van der Waals surface area contributed by atoms with Crippen LogP contribution in [0.1, 0.15) is 0 Å². The summed E-state index contributed by atoms with van der Waals surface area (Å²) in [7, 11) is 3.80. The maximum absolute atomic E-state index is 10.6. The SMILES string of the molecule is COC(C=O)C(C=O)(OC)OC. The third kappa shape index (κ3) is 1.88. The highest BCUT2D eigenvalue weighted by Crippen LogP contribution is 2.14. The lowest BCUT2D eigenvalue weighted by Gasteiger charge is -2.28. The first-order chi connectivity index (χ1) is 5.70. The molecule has 0 saturated carbocycles. The van der Waals surface area contributed by atoms with Crippen LogP contribution in [0.25, 0.3) is 0 Å². The summed E-state index contributed by atoms with van der Waals surface area (Å²) in [6.45, 7) is 0. The van der Waals surface area contributed by atoms with Gasteiger partial charge in [0.25, 0.3) is 5.79 Å². The summed E-state index contributed by atoms with van der Waals surface area (Å²) in [6.07, 6.45) is -0.221. The molecule has 0 rings (SSSR count). The molecular weight excluding hydrogens is 164 g/mol. The zero-order valence-corrected chi connectivity index (χ0v) is 7.27. The molecule has 1 unspecified atom stereocenters. The summed E-state index contributed by atoms with van der Waals surface area (Å²) < 4.78 is 14.2. The number of methoxy groups -OCH3 is 3. The Bertz CT molecular complexity index is 152. The van der Waals surface area contributed by atoms with Crippen LogP contribution < -0.4 is 0 Å². The zero-order valence-electron chi connectivity index (χ0n) is 7.27. The highest BCUT2D eigenvalue weighted by Gasteiger charge is 2.39. The van der Waals surface area contributed by atoms with E-state index in [2.05, 4.69) is 4.74 Å². The molecule has 0 radical (unpaired) electrons. The van der Waals surface area contributed by atoms with E-state index in [1.165, 1.54) is 21.3 Å². The maximum atomic E-state index is 10.6. The summed E-state index contributed by atoms with van der Waals surface area (Å²) in [5.41, 5.74) is 0. The van der Waals surface area contributed by atoms with Gasteiger partial charge in [-0.1, -0.05) is 0 Å². The van der Waals surface area contributed by atoms with Gasteiger partial charge in [-0.15, -0.1) is 0 Å². The second-order valence-electron chi connectivity index (χ2n) is 2.04. The van der Waals surface area contributed by atoms with Crippen molar-refractivity contribution < 1.29 is 23.8 Å². The van der Waals surface area contributed by atoms with Gasteiger partial charge in [0.05, 0.1) is 0 Å². The van der Waals surface area contributed by atoms with Gasteiger partial charge in [0, 0.05) is 21.3 Å². The Morgan fingerprint density at radius 3 is 1.75 bits per heavy atom. The lowest BCUT2D eigenvalue weighted by atomic mass is 10.2. The van der Waals surface area contributed by atoms with Crippen molar-refractivity contribution in [2.24, 2.45) is 0 Å². The molecule has 0 amide bonds. The molecule has 0 bridgehead atoms. The van der Waals surface area contributed by atoms with E-state index in [0.29, 0.717) is 12.6 Å². The lowest BCUT2D eigenvalue weighted by Crippen LogP contribution is -2.49. The largest absolute Gasteiger partial charge is 0.368 e. The van der Waals surface area contributed by atoms with Crippen LogP contribution in [0.2, 0.25) is 0 Å². The average molecular weight is 176 g/mol. The van der Waals surface area contributed by atoms with Gasteiger partial charge in [-0.05, 0) is 0 Å². The molecule has 0 spiro atoms. The van der Waals surface area contributed by atoms with Crippen LogP contribution in [-0.2, 0) is 23.8 Å². The molecule has 0 aliphatic rings. The van der Waals surface area contributed by atoms with Crippen molar-refractivity contribution in [2.45, 2.75) is 11.9 Å². The van der Waals surface area contributed by atoms with Crippen LogP contribution in [0.4, 0.5) is 0 Å². The summed E-state index contributed by atoms with van der Waals surface area (Å²) in [5.74, 6) is -1.63. The number of rotatable bonds is 6. The quantitative estimate of drug-likeness (QED) is 0.399. The molecule has 0 N–H and O–H groups in total. The van der Waals surface area contributed by atoms with E-state index in [-0.39, 0.29) is 0 Å². The van der Waals surface area contributed by atoms with Gasteiger partial charge in [-0.2, -0.15) is 0 Å². The molecule has 0 aromatic carbocycles. The van der Waals surface area contributed by atoms with Crippen LogP contribution in [0.5, 0.6) is 0 Å². The van der Waals surface area contributed by atoms with Gasteiger partial charge < -0.3 is 19.0 Å². The highest BCUT2D eigenvalue weighted by atomic mass is 16.7. The number of hydrogen-bond donors (Lipinski definition) is 0. The first kappa shape index (κ1) is 11.2. The topological polar surface area (TPSA) is 61.8 Å². The van der Waals surface area contributed by atoms with Crippen molar-refractivity contribution in [3.63, 3.8) is 0 Å². The number of aldehydes is 2. The van der Waals surface area contributed by atoms with Gasteiger partial charge in [0.15, 0.2) is 18.7 Å². The van der Waals surface area contributed by atoms with Crippen molar-refractivity contribution in [1.82, 2.24) is 0 Å². The molecule has 0 heterocycles. The van der Waals surface area contributed by atoms with E-state index in [0.717, 1.165) is 0 Å². The van der Waals surface area contributed by atoms with Gasteiger partial charge in [0.2, 0.25) is 0 Å². The molecule has 0 aliphatic carbocycles. The van der Waals surface area contributed by atoms with Gasteiger partial charge in [-0.25, -0.2) is 0 Å². The van der Waals surface area contributed by atoms with Gasteiger partial charge in [-0.3, -0.25) is 4.79 Å². The Morgan fingerprint density at radius 2 is 1.67 bits per heavy atom. The predicted octanol–water partition coefficient (Wildman–Crippen LogP) is -0.612. The fourth-order valence-electron chi connectivity index (χ4n) is 0.794. The lowest BCUT2D eigenvalue weighted by molar-refractivity contribution is -0.234. The van der Waals surface area contributed by atoms with Crippen LogP contribution in [0.3, 0.4) is 0 Å². The minimum Gasteiger partial charge on any atom is -0.368 e. The van der Waals surface area contributed by atoms with Crippen LogP contribution >= 0.6 is 0 Å². The van der Waals surface area contributed by atoms with E-state index >= 15 is 0 Å². The van der Waals surface area contributed by atoms with Crippen molar-refractivity contribution >= 4 is 12.6 Å². The molecule has 0 fully saturated rings. The summed E-state index contributed by atoms with van der Waals surface area (Å²) in [5, 5.41) is 0. The Hall–Kier alpha value is -0.780. The average Bonchev–Trinajstić information content (AvgIpc) is 2.14. The number of carbonyl (C=O) groups excluding carboxylic acids is 2. The van der Waals surface area contributed by atoms with Crippen molar-refractivity contribution in [3.8, 4) is 0 Å². The normalized spacial score (nSPS) is 13.9. The van der Waals surface area contributed by atoms with Crippen LogP contribution in [0, 0.1) is 0 Å². The molecule has 70 valence electrons. The minimum absolute atomic E-state index is 0.384. The Balaban J connectivity index is 4.65. The number of ether oxygens (including phenoxy) is 3. The molecule has 0 aliphatic heterocycles. The van der Waals surface area contributed by atoms with E-state index < -0.39 is 11.9 Å². The van der Waals surface area contributed by atoms with Crippen molar-refractivity contribution in [1.29, 1.82) is 0 Å². The fraction of sp³-hybridized carbons (Fsp3) is 0.714. The first-order valence-electron chi connectivity index (χ1n) is 3.25. The van der Waals surface area contributed by atoms with E-state index in [4.69, 9.17) is 9.47 Å². The zero-order chi connectivity index (χ0) is 9.61. The summed E-state index contributed by atoms with van der Waals surface area (Å²) in [6, 6.07) is 0. The first-order valence-corrected chi connectivity index (χ1v) is 3.25.